The Morgan fingerprint density at radius 1 is 1.14 bits per heavy atom. The number of fused-ring (bicyclic) bond motifs is 1. The Balaban J connectivity index is 1.99. The average molecular weight is 297 g/mol. The van der Waals surface area contributed by atoms with Crippen LogP contribution in [0, 0.1) is 0 Å². The monoisotopic (exact) mass is 297 g/mol. The van der Waals surface area contributed by atoms with Crippen LogP contribution in [-0.2, 0) is 0 Å². The number of H-pyrrole nitrogens is 1. The van der Waals surface area contributed by atoms with Crippen LogP contribution < -0.4 is 15.2 Å². The number of nitrogen functional groups attached to an aromatic ring is 1. The number of anilines is 1. The van der Waals surface area contributed by atoms with Crippen LogP contribution in [0.25, 0.3) is 22.4 Å². The Morgan fingerprint density at radius 3 is 2.77 bits per heavy atom. The number of ether oxygens (including phenoxy) is 2. The van der Waals surface area contributed by atoms with E-state index in [4.69, 9.17) is 15.2 Å². The normalized spacial score (nSPS) is 10.8. The third-order valence-corrected chi connectivity index (χ3v) is 3.40. The van der Waals surface area contributed by atoms with Gasteiger partial charge in [0.05, 0.1) is 24.8 Å². The summed E-state index contributed by atoms with van der Waals surface area (Å²) in [7, 11) is 1.64. The van der Waals surface area contributed by atoms with Gasteiger partial charge in [-0.1, -0.05) is 6.92 Å². The first-order valence-corrected chi connectivity index (χ1v) is 7.27. The minimum atomic E-state index is 0.666. The maximum Gasteiger partial charge on any atom is 0.161 e. The summed E-state index contributed by atoms with van der Waals surface area (Å²) in [6.07, 6.45) is 0.954. The molecule has 3 aromatic rings. The number of methoxy groups -OCH3 is 1. The minimum Gasteiger partial charge on any atom is -0.493 e. The van der Waals surface area contributed by atoms with E-state index in [1.807, 2.05) is 36.4 Å². The van der Waals surface area contributed by atoms with E-state index in [-0.39, 0.29) is 0 Å². The van der Waals surface area contributed by atoms with E-state index < -0.39 is 0 Å². The molecule has 1 heterocycles. The number of aromatic amines is 1. The van der Waals surface area contributed by atoms with E-state index in [1.54, 1.807) is 7.11 Å². The van der Waals surface area contributed by atoms with Crippen molar-refractivity contribution in [2.45, 2.75) is 13.3 Å². The lowest BCUT2D eigenvalue weighted by Crippen LogP contribution is -1.98. The largest absolute Gasteiger partial charge is 0.493 e. The predicted octanol–water partition coefficient (Wildman–Crippen LogP) is 3.61. The molecule has 0 amide bonds. The highest BCUT2D eigenvalue weighted by molar-refractivity contribution is 5.82. The quantitative estimate of drug-likeness (QED) is 0.706. The number of hydrogen-bond donors (Lipinski definition) is 2. The van der Waals surface area contributed by atoms with E-state index in [2.05, 4.69) is 16.9 Å². The summed E-state index contributed by atoms with van der Waals surface area (Å²) >= 11 is 0. The third kappa shape index (κ3) is 2.70. The average Bonchev–Trinajstić information content (AvgIpc) is 2.95. The zero-order valence-electron chi connectivity index (χ0n) is 12.7. The van der Waals surface area contributed by atoms with Gasteiger partial charge in [0, 0.05) is 11.3 Å². The van der Waals surface area contributed by atoms with Gasteiger partial charge in [0.15, 0.2) is 11.5 Å². The molecule has 0 saturated carbocycles. The molecule has 0 bridgehead atoms. The van der Waals surface area contributed by atoms with Gasteiger partial charge in [-0.25, -0.2) is 4.98 Å². The minimum absolute atomic E-state index is 0.666. The van der Waals surface area contributed by atoms with Gasteiger partial charge < -0.3 is 20.2 Å². The number of hydrogen-bond acceptors (Lipinski definition) is 4. The fourth-order valence-corrected chi connectivity index (χ4v) is 2.31. The number of aromatic nitrogens is 2. The summed E-state index contributed by atoms with van der Waals surface area (Å²) in [6.45, 7) is 2.74. The van der Waals surface area contributed by atoms with Crippen molar-refractivity contribution >= 4 is 16.7 Å². The highest BCUT2D eigenvalue weighted by atomic mass is 16.5. The standard InChI is InChI=1S/C17H19N3O2/c1-3-8-22-15-7-4-11(9-16(15)21-2)17-19-13-6-5-12(18)10-14(13)20-17/h4-7,9-10H,3,8,18H2,1-2H3,(H,19,20). The Morgan fingerprint density at radius 2 is 2.00 bits per heavy atom. The molecule has 114 valence electrons. The zero-order valence-corrected chi connectivity index (χ0v) is 12.7. The molecule has 0 saturated heterocycles. The maximum atomic E-state index is 5.80. The van der Waals surface area contributed by atoms with Crippen LogP contribution in [-0.4, -0.2) is 23.7 Å². The fraction of sp³-hybridized carbons (Fsp3) is 0.235. The van der Waals surface area contributed by atoms with Crippen LogP contribution in [0.15, 0.2) is 36.4 Å². The molecule has 5 nitrogen and oxygen atoms in total. The van der Waals surface area contributed by atoms with Crippen molar-refractivity contribution in [2.75, 3.05) is 19.5 Å². The molecule has 0 atom stereocenters. The predicted molar refractivity (Wildman–Crippen MR) is 88.3 cm³/mol. The van der Waals surface area contributed by atoms with E-state index >= 15 is 0 Å². The van der Waals surface area contributed by atoms with E-state index in [9.17, 15) is 0 Å². The molecule has 0 aliphatic rings. The molecule has 0 spiro atoms. The number of rotatable bonds is 5. The van der Waals surface area contributed by atoms with Crippen molar-refractivity contribution in [3.63, 3.8) is 0 Å². The van der Waals surface area contributed by atoms with Gasteiger partial charge in [-0.05, 0) is 42.8 Å². The van der Waals surface area contributed by atoms with Gasteiger partial charge >= 0.3 is 0 Å². The lowest BCUT2D eigenvalue weighted by molar-refractivity contribution is 0.294. The molecule has 0 aliphatic heterocycles. The smallest absolute Gasteiger partial charge is 0.161 e. The van der Waals surface area contributed by atoms with Crippen molar-refractivity contribution in [3.05, 3.63) is 36.4 Å². The molecule has 0 radical (unpaired) electrons. The highest BCUT2D eigenvalue weighted by Gasteiger charge is 2.10. The van der Waals surface area contributed by atoms with Crippen LogP contribution in [0.3, 0.4) is 0 Å². The van der Waals surface area contributed by atoms with Crippen molar-refractivity contribution in [2.24, 2.45) is 0 Å². The Kier molecular flexibility index (Phi) is 3.87. The van der Waals surface area contributed by atoms with E-state index in [0.717, 1.165) is 34.6 Å². The molecule has 1 aromatic heterocycles. The lowest BCUT2D eigenvalue weighted by Gasteiger charge is -2.10. The third-order valence-electron chi connectivity index (χ3n) is 3.40. The highest BCUT2D eigenvalue weighted by Crippen LogP contribution is 2.32. The molecular weight excluding hydrogens is 278 g/mol. The van der Waals surface area contributed by atoms with Gasteiger partial charge in [0.25, 0.3) is 0 Å². The van der Waals surface area contributed by atoms with Gasteiger partial charge in [0.2, 0.25) is 0 Å². The van der Waals surface area contributed by atoms with Crippen LogP contribution >= 0.6 is 0 Å². The second kappa shape index (κ2) is 5.97. The molecule has 3 rings (SSSR count). The number of nitrogens with two attached hydrogens (primary N) is 1. The van der Waals surface area contributed by atoms with Crippen LogP contribution in [0.5, 0.6) is 11.5 Å². The second-order valence-electron chi connectivity index (χ2n) is 5.08. The molecule has 2 aromatic carbocycles. The van der Waals surface area contributed by atoms with E-state index in [1.165, 1.54) is 0 Å². The number of nitrogens with zero attached hydrogens (tertiary/aromatic N) is 1. The Hall–Kier alpha value is -2.69. The second-order valence-corrected chi connectivity index (χ2v) is 5.08. The molecule has 0 aliphatic carbocycles. The van der Waals surface area contributed by atoms with Crippen LogP contribution in [0.2, 0.25) is 0 Å². The lowest BCUT2D eigenvalue weighted by atomic mass is 10.2. The summed E-state index contributed by atoms with van der Waals surface area (Å²) in [4.78, 5) is 7.86. The summed E-state index contributed by atoms with van der Waals surface area (Å²) in [5.74, 6) is 2.22. The molecule has 0 fully saturated rings. The molecule has 22 heavy (non-hydrogen) atoms. The van der Waals surface area contributed by atoms with Gasteiger partial charge in [0.1, 0.15) is 5.82 Å². The molecule has 3 N–H and O–H groups in total. The van der Waals surface area contributed by atoms with Crippen LogP contribution in [0.1, 0.15) is 13.3 Å². The van der Waals surface area contributed by atoms with Crippen molar-refractivity contribution in [1.82, 2.24) is 9.97 Å². The van der Waals surface area contributed by atoms with E-state index in [0.29, 0.717) is 18.0 Å². The topological polar surface area (TPSA) is 73.2 Å². The Labute approximate surface area is 129 Å². The number of benzene rings is 2. The summed E-state index contributed by atoms with van der Waals surface area (Å²) in [6, 6.07) is 11.4. The summed E-state index contributed by atoms with van der Waals surface area (Å²) in [5.41, 5.74) is 9.25. The van der Waals surface area contributed by atoms with Crippen molar-refractivity contribution < 1.29 is 9.47 Å². The first-order chi connectivity index (χ1) is 10.7. The van der Waals surface area contributed by atoms with Crippen molar-refractivity contribution in [1.29, 1.82) is 0 Å². The zero-order chi connectivity index (χ0) is 15.5. The summed E-state index contributed by atoms with van der Waals surface area (Å²) < 4.78 is 11.1. The van der Waals surface area contributed by atoms with Crippen LogP contribution in [0.4, 0.5) is 5.69 Å². The Bertz CT molecular complexity index is 796. The van der Waals surface area contributed by atoms with Crippen molar-refractivity contribution in [3.8, 4) is 22.9 Å². The first kappa shape index (κ1) is 14.3. The number of imidazole rings is 1. The SMILES string of the molecule is CCCOc1ccc(-c2nc3ccc(N)cc3[nH]2)cc1OC. The van der Waals surface area contributed by atoms with Gasteiger partial charge in [-0.2, -0.15) is 0 Å². The van der Waals surface area contributed by atoms with Gasteiger partial charge in [-0.15, -0.1) is 0 Å². The molecule has 5 heteroatoms. The molecule has 0 unspecified atom stereocenters. The maximum absolute atomic E-state index is 5.80. The fourth-order valence-electron chi connectivity index (χ4n) is 2.31. The molecular formula is C17H19N3O2. The number of nitrogens with one attached hydrogen (secondary N) is 1. The summed E-state index contributed by atoms with van der Waals surface area (Å²) in [5, 5.41) is 0. The van der Waals surface area contributed by atoms with Gasteiger partial charge in [-0.3, -0.25) is 0 Å². The first-order valence-electron chi connectivity index (χ1n) is 7.27.